The molecule has 0 fully saturated rings. The van der Waals surface area contributed by atoms with E-state index in [0.29, 0.717) is 6.61 Å². The monoisotopic (exact) mass is 253 g/mol. The number of fused-ring (bicyclic) bond motifs is 1. The summed E-state index contributed by atoms with van der Waals surface area (Å²) in [6, 6.07) is 11.3. The number of Topliss-reactive ketones (excluding diaryl/α,β-unsaturated/α-hetero) is 1. The second kappa shape index (κ2) is 4.84. The van der Waals surface area contributed by atoms with Gasteiger partial charge in [0.05, 0.1) is 18.2 Å². The highest BCUT2D eigenvalue weighted by Crippen LogP contribution is 2.28. The molecular formula is C16H15NO2. The highest BCUT2D eigenvalue weighted by atomic mass is 16.5. The summed E-state index contributed by atoms with van der Waals surface area (Å²) < 4.78 is 5.45. The molecule has 1 aliphatic rings. The van der Waals surface area contributed by atoms with Crippen molar-refractivity contribution in [1.82, 2.24) is 4.98 Å². The molecule has 1 aliphatic heterocycles. The molecule has 0 bridgehead atoms. The van der Waals surface area contributed by atoms with Gasteiger partial charge >= 0.3 is 0 Å². The number of carbonyl (C=O) groups is 1. The third-order valence-electron chi connectivity index (χ3n) is 3.50. The molecule has 1 atom stereocenters. The van der Waals surface area contributed by atoms with E-state index in [1.807, 2.05) is 43.3 Å². The van der Waals surface area contributed by atoms with Gasteiger partial charge in [-0.25, -0.2) is 0 Å². The fourth-order valence-electron chi connectivity index (χ4n) is 2.36. The summed E-state index contributed by atoms with van der Waals surface area (Å²) >= 11 is 0. The molecule has 0 N–H and O–H groups in total. The summed E-state index contributed by atoms with van der Waals surface area (Å²) in [6.45, 7) is 2.61. The Morgan fingerprint density at radius 1 is 1.32 bits per heavy atom. The zero-order valence-electron chi connectivity index (χ0n) is 10.8. The van der Waals surface area contributed by atoms with Crippen LogP contribution in [-0.2, 0) is 6.42 Å². The first kappa shape index (κ1) is 11.9. The predicted molar refractivity (Wildman–Crippen MR) is 72.6 cm³/mol. The zero-order valence-corrected chi connectivity index (χ0v) is 10.8. The van der Waals surface area contributed by atoms with E-state index in [2.05, 4.69) is 4.98 Å². The van der Waals surface area contributed by atoms with Gasteiger partial charge in [0.1, 0.15) is 5.75 Å². The molecule has 0 saturated heterocycles. The second-order valence-corrected chi connectivity index (χ2v) is 4.76. The zero-order chi connectivity index (χ0) is 13.2. The van der Waals surface area contributed by atoms with Crippen molar-refractivity contribution in [3.63, 3.8) is 0 Å². The van der Waals surface area contributed by atoms with Crippen molar-refractivity contribution < 1.29 is 9.53 Å². The Labute approximate surface area is 112 Å². The van der Waals surface area contributed by atoms with Crippen LogP contribution in [0.3, 0.4) is 0 Å². The van der Waals surface area contributed by atoms with Crippen LogP contribution < -0.4 is 4.74 Å². The van der Waals surface area contributed by atoms with E-state index in [1.54, 1.807) is 6.20 Å². The van der Waals surface area contributed by atoms with Gasteiger partial charge in [-0.05, 0) is 42.8 Å². The van der Waals surface area contributed by atoms with Crippen molar-refractivity contribution in [2.75, 3.05) is 6.61 Å². The van der Waals surface area contributed by atoms with Gasteiger partial charge in [0.15, 0.2) is 5.78 Å². The summed E-state index contributed by atoms with van der Waals surface area (Å²) in [7, 11) is 0. The maximum Gasteiger partial charge on any atom is 0.171 e. The maximum atomic E-state index is 12.5. The highest BCUT2D eigenvalue weighted by Gasteiger charge is 2.20. The molecule has 19 heavy (non-hydrogen) atoms. The highest BCUT2D eigenvalue weighted by molar-refractivity contribution is 6.00. The number of carbonyl (C=O) groups excluding carboxylic acids is 1. The van der Waals surface area contributed by atoms with Crippen LogP contribution in [-0.4, -0.2) is 17.4 Å². The lowest BCUT2D eigenvalue weighted by atomic mass is 9.94. The van der Waals surface area contributed by atoms with E-state index in [4.69, 9.17) is 4.74 Å². The van der Waals surface area contributed by atoms with Crippen LogP contribution in [0.5, 0.6) is 5.75 Å². The Kier molecular flexibility index (Phi) is 3.03. The minimum Gasteiger partial charge on any atom is -0.493 e. The quantitative estimate of drug-likeness (QED) is 0.789. The molecule has 1 aromatic carbocycles. The molecule has 2 aromatic rings. The van der Waals surface area contributed by atoms with Crippen LogP contribution in [0.4, 0.5) is 0 Å². The van der Waals surface area contributed by atoms with Crippen molar-refractivity contribution in [3.8, 4) is 5.75 Å². The van der Waals surface area contributed by atoms with E-state index < -0.39 is 0 Å². The Bertz CT molecular complexity index is 607. The second-order valence-electron chi connectivity index (χ2n) is 4.76. The molecule has 0 radical (unpaired) electrons. The van der Waals surface area contributed by atoms with Gasteiger partial charge < -0.3 is 4.74 Å². The number of ether oxygens (including phenoxy) is 1. The predicted octanol–water partition coefficient (Wildman–Crippen LogP) is 3.00. The van der Waals surface area contributed by atoms with E-state index in [-0.39, 0.29) is 11.7 Å². The molecule has 3 rings (SSSR count). The summed E-state index contributed by atoms with van der Waals surface area (Å²) in [5, 5.41) is 0. The van der Waals surface area contributed by atoms with Crippen LogP contribution in [0.1, 0.15) is 34.5 Å². The average Bonchev–Trinajstić information content (AvgIpc) is 2.94. The first-order valence-electron chi connectivity index (χ1n) is 6.46. The lowest BCUT2D eigenvalue weighted by molar-refractivity contribution is 0.0964. The van der Waals surface area contributed by atoms with E-state index >= 15 is 0 Å². The van der Waals surface area contributed by atoms with Gasteiger partial charge in [-0.2, -0.15) is 0 Å². The number of ketones is 1. The van der Waals surface area contributed by atoms with Gasteiger partial charge in [-0.1, -0.05) is 6.07 Å². The van der Waals surface area contributed by atoms with Crippen molar-refractivity contribution in [3.05, 3.63) is 59.4 Å². The molecule has 96 valence electrons. The SMILES string of the molecule is CC(C(=O)c1ccc2c(c1)CCO2)c1ccccn1. The fraction of sp³-hybridized carbons (Fsp3) is 0.250. The van der Waals surface area contributed by atoms with Crippen LogP contribution in [0.15, 0.2) is 42.6 Å². The van der Waals surface area contributed by atoms with Crippen LogP contribution in [0.2, 0.25) is 0 Å². The van der Waals surface area contributed by atoms with Gasteiger partial charge in [-0.15, -0.1) is 0 Å². The van der Waals surface area contributed by atoms with Crippen LogP contribution >= 0.6 is 0 Å². The topological polar surface area (TPSA) is 39.2 Å². The lowest BCUT2D eigenvalue weighted by Crippen LogP contribution is -2.11. The average molecular weight is 253 g/mol. The molecule has 0 amide bonds. The summed E-state index contributed by atoms with van der Waals surface area (Å²) in [5.41, 5.74) is 2.67. The molecule has 2 heterocycles. The standard InChI is InChI=1S/C16H15NO2/c1-11(14-4-2-3-8-17-14)16(18)13-5-6-15-12(10-13)7-9-19-15/h2-6,8,10-11H,7,9H2,1H3. The summed E-state index contributed by atoms with van der Waals surface area (Å²) in [5.74, 6) is 0.789. The Balaban J connectivity index is 1.88. The van der Waals surface area contributed by atoms with Crippen LogP contribution in [0, 0.1) is 0 Å². The Morgan fingerprint density at radius 3 is 3.00 bits per heavy atom. The lowest BCUT2D eigenvalue weighted by Gasteiger charge is -2.10. The summed E-state index contributed by atoms with van der Waals surface area (Å²) in [6.07, 6.45) is 2.60. The number of hydrogen-bond donors (Lipinski definition) is 0. The van der Waals surface area contributed by atoms with Gasteiger partial charge in [-0.3, -0.25) is 9.78 Å². The first-order chi connectivity index (χ1) is 9.25. The van der Waals surface area contributed by atoms with Gasteiger partial charge in [0.2, 0.25) is 0 Å². The van der Waals surface area contributed by atoms with Gasteiger partial charge in [0.25, 0.3) is 0 Å². The fourth-order valence-corrected chi connectivity index (χ4v) is 2.36. The summed E-state index contributed by atoms with van der Waals surface area (Å²) in [4.78, 5) is 16.7. The Hall–Kier alpha value is -2.16. The molecule has 3 nitrogen and oxygen atoms in total. The smallest absolute Gasteiger partial charge is 0.171 e. The molecule has 3 heteroatoms. The largest absolute Gasteiger partial charge is 0.493 e. The van der Waals surface area contributed by atoms with Crippen LogP contribution in [0.25, 0.3) is 0 Å². The normalized spacial score (nSPS) is 14.6. The number of hydrogen-bond acceptors (Lipinski definition) is 3. The van der Waals surface area contributed by atoms with E-state index in [9.17, 15) is 4.79 Å². The van der Waals surface area contributed by atoms with Crippen molar-refractivity contribution >= 4 is 5.78 Å². The first-order valence-corrected chi connectivity index (χ1v) is 6.46. The van der Waals surface area contributed by atoms with Crippen molar-refractivity contribution in [2.45, 2.75) is 19.3 Å². The molecule has 1 unspecified atom stereocenters. The molecule has 1 aromatic heterocycles. The molecular weight excluding hydrogens is 238 g/mol. The third kappa shape index (κ3) is 2.24. The van der Waals surface area contributed by atoms with Crippen molar-refractivity contribution in [1.29, 1.82) is 0 Å². The number of rotatable bonds is 3. The van der Waals surface area contributed by atoms with Crippen molar-refractivity contribution in [2.24, 2.45) is 0 Å². The number of pyridine rings is 1. The molecule has 0 spiro atoms. The third-order valence-corrected chi connectivity index (χ3v) is 3.50. The molecule has 0 saturated carbocycles. The number of nitrogens with zero attached hydrogens (tertiary/aromatic N) is 1. The maximum absolute atomic E-state index is 12.5. The Morgan fingerprint density at radius 2 is 2.21 bits per heavy atom. The number of benzene rings is 1. The van der Waals surface area contributed by atoms with E-state index in [1.165, 1.54) is 0 Å². The van der Waals surface area contributed by atoms with Gasteiger partial charge in [0, 0.05) is 18.2 Å². The number of aromatic nitrogens is 1. The molecule has 0 aliphatic carbocycles. The van der Waals surface area contributed by atoms with E-state index in [0.717, 1.165) is 29.0 Å². The minimum absolute atomic E-state index is 0.105. The minimum atomic E-state index is -0.221.